The van der Waals surface area contributed by atoms with E-state index in [9.17, 15) is 0 Å². The van der Waals surface area contributed by atoms with Crippen LogP contribution in [0.2, 0.25) is 0 Å². The lowest BCUT2D eigenvalue weighted by molar-refractivity contribution is 0.205. The molecule has 92 valence electrons. The molecule has 0 bridgehead atoms. The standard InChI is InChI=1S/C10H19N3O2S/c1-4-13(6-7-14-3)10-8(15-5-2)9(11)12-16-10/h4-7H2,1-3H3,(H2,11,12). The van der Waals surface area contributed by atoms with Crippen LogP contribution in [0, 0.1) is 0 Å². The van der Waals surface area contributed by atoms with Gasteiger partial charge in [-0.1, -0.05) is 0 Å². The maximum Gasteiger partial charge on any atom is 0.197 e. The van der Waals surface area contributed by atoms with Crippen molar-refractivity contribution in [2.24, 2.45) is 0 Å². The number of nitrogens with zero attached hydrogens (tertiary/aromatic N) is 2. The molecule has 0 aliphatic heterocycles. The fourth-order valence-electron chi connectivity index (χ4n) is 1.37. The molecule has 0 aromatic carbocycles. The lowest BCUT2D eigenvalue weighted by Gasteiger charge is -2.21. The van der Waals surface area contributed by atoms with Crippen LogP contribution in [0.25, 0.3) is 0 Å². The number of hydrogen-bond donors (Lipinski definition) is 1. The van der Waals surface area contributed by atoms with E-state index in [0.717, 1.165) is 18.1 Å². The van der Waals surface area contributed by atoms with Crippen LogP contribution in [0.3, 0.4) is 0 Å². The molecule has 0 amide bonds. The molecular weight excluding hydrogens is 226 g/mol. The zero-order valence-electron chi connectivity index (χ0n) is 10.0. The molecule has 2 N–H and O–H groups in total. The van der Waals surface area contributed by atoms with Crippen LogP contribution in [-0.2, 0) is 4.74 Å². The first-order valence-corrected chi connectivity index (χ1v) is 6.13. The monoisotopic (exact) mass is 245 g/mol. The summed E-state index contributed by atoms with van der Waals surface area (Å²) in [5.41, 5.74) is 5.76. The summed E-state index contributed by atoms with van der Waals surface area (Å²) in [5.74, 6) is 1.17. The molecule has 16 heavy (non-hydrogen) atoms. The Balaban J connectivity index is 2.82. The second kappa shape index (κ2) is 6.55. The summed E-state index contributed by atoms with van der Waals surface area (Å²) in [6, 6.07) is 0. The molecule has 1 aromatic heterocycles. The van der Waals surface area contributed by atoms with Crippen molar-refractivity contribution in [3.8, 4) is 5.75 Å². The molecule has 1 heterocycles. The highest BCUT2D eigenvalue weighted by Crippen LogP contribution is 2.37. The van der Waals surface area contributed by atoms with Gasteiger partial charge in [0.05, 0.1) is 13.2 Å². The number of hydrogen-bond acceptors (Lipinski definition) is 6. The van der Waals surface area contributed by atoms with Gasteiger partial charge in [-0.15, -0.1) is 0 Å². The van der Waals surface area contributed by atoms with Gasteiger partial charge in [0, 0.05) is 20.2 Å². The molecule has 0 atom stereocenters. The quantitative estimate of drug-likeness (QED) is 0.790. The van der Waals surface area contributed by atoms with E-state index in [-0.39, 0.29) is 0 Å². The third kappa shape index (κ3) is 2.99. The number of ether oxygens (including phenoxy) is 2. The molecule has 6 heteroatoms. The predicted octanol–water partition coefficient (Wildman–Crippen LogP) is 1.60. The molecule has 5 nitrogen and oxygen atoms in total. The van der Waals surface area contributed by atoms with Gasteiger partial charge in [-0.3, -0.25) is 0 Å². The highest BCUT2D eigenvalue weighted by Gasteiger charge is 2.17. The maximum absolute atomic E-state index is 5.76. The summed E-state index contributed by atoms with van der Waals surface area (Å²) in [4.78, 5) is 2.16. The molecule has 0 saturated heterocycles. The van der Waals surface area contributed by atoms with Crippen LogP contribution < -0.4 is 15.4 Å². The Hall–Kier alpha value is -1.01. The van der Waals surface area contributed by atoms with Crippen molar-refractivity contribution >= 4 is 22.4 Å². The van der Waals surface area contributed by atoms with Gasteiger partial charge in [0.25, 0.3) is 0 Å². The molecule has 1 aromatic rings. The maximum atomic E-state index is 5.76. The highest BCUT2D eigenvalue weighted by molar-refractivity contribution is 7.11. The minimum Gasteiger partial charge on any atom is -0.487 e. The van der Waals surface area contributed by atoms with E-state index in [0.29, 0.717) is 24.8 Å². The van der Waals surface area contributed by atoms with Gasteiger partial charge >= 0.3 is 0 Å². The van der Waals surface area contributed by atoms with Crippen molar-refractivity contribution in [3.63, 3.8) is 0 Å². The van der Waals surface area contributed by atoms with Crippen molar-refractivity contribution in [3.05, 3.63) is 0 Å². The van der Waals surface area contributed by atoms with Gasteiger partial charge in [0.2, 0.25) is 0 Å². The number of likely N-dealkylation sites (N-methyl/N-ethyl adjacent to an activating group) is 1. The van der Waals surface area contributed by atoms with E-state index in [1.165, 1.54) is 11.5 Å². The largest absolute Gasteiger partial charge is 0.487 e. The van der Waals surface area contributed by atoms with Gasteiger partial charge in [-0.2, -0.15) is 4.37 Å². The van der Waals surface area contributed by atoms with Gasteiger partial charge in [0.15, 0.2) is 16.6 Å². The highest BCUT2D eigenvalue weighted by atomic mass is 32.1. The van der Waals surface area contributed by atoms with Crippen LogP contribution in [0.1, 0.15) is 13.8 Å². The first-order chi connectivity index (χ1) is 7.74. The minimum atomic E-state index is 0.470. The fourth-order valence-corrected chi connectivity index (χ4v) is 2.22. The van der Waals surface area contributed by atoms with E-state index in [4.69, 9.17) is 15.2 Å². The summed E-state index contributed by atoms with van der Waals surface area (Å²) >= 11 is 1.37. The molecule has 0 radical (unpaired) electrons. The fraction of sp³-hybridized carbons (Fsp3) is 0.700. The van der Waals surface area contributed by atoms with Crippen molar-refractivity contribution < 1.29 is 9.47 Å². The molecule has 0 aliphatic carbocycles. The molecule has 0 fully saturated rings. The Morgan fingerprint density at radius 3 is 2.75 bits per heavy atom. The third-order valence-corrected chi connectivity index (χ3v) is 3.08. The first-order valence-electron chi connectivity index (χ1n) is 5.36. The Labute approximate surface area is 100 Å². The Kier molecular flexibility index (Phi) is 5.34. The number of nitrogen functional groups attached to an aromatic ring is 1. The van der Waals surface area contributed by atoms with Gasteiger partial charge in [-0.25, -0.2) is 0 Å². The molecular formula is C10H19N3O2S. The SMILES string of the molecule is CCOc1c(N)nsc1N(CC)CCOC. The molecule has 0 saturated carbocycles. The van der Waals surface area contributed by atoms with E-state index >= 15 is 0 Å². The summed E-state index contributed by atoms with van der Waals surface area (Å²) in [5, 5.41) is 0.985. The lowest BCUT2D eigenvalue weighted by Crippen LogP contribution is -2.26. The van der Waals surface area contributed by atoms with E-state index in [1.807, 2.05) is 6.92 Å². The predicted molar refractivity (Wildman–Crippen MR) is 67.5 cm³/mol. The summed E-state index contributed by atoms with van der Waals surface area (Å²) in [6.45, 7) is 6.99. The molecule has 0 aliphatic rings. The average Bonchev–Trinajstić information content (AvgIpc) is 2.63. The number of rotatable bonds is 7. The zero-order valence-corrected chi connectivity index (χ0v) is 10.8. The normalized spacial score (nSPS) is 10.4. The third-order valence-electron chi connectivity index (χ3n) is 2.18. The Morgan fingerprint density at radius 2 is 2.19 bits per heavy atom. The van der Waals surface area contributed by atoms with Crippen LogP contribution in [0.4, 0.5) is 10.8 Å². The van der Waals surface area contributed by atoms with E-state index < -0.39 is 0 Å². The smallest absolute Gasteiger partial charge is 0.197 e. The average molecular weight is 245 g/mol. The van der Waals surface area contributed by atoms with Crippen molar-refractivity contribution in [2.45, 2.75) is 13.8 Å². The van der Waals surface area contributed by atoms with E-state index in [2.05, 4.69) is 16.2 Å². The van der Waals surface area contributed by atoms with Gasteiger partial charge in [-0.05, 0) is 25.4 Å². The van der Waals surface area contributed by atoms with Gasteiger partial charge < -0.3 is 20.1 Å². The zero-order chi connectivity index (χ0) is 12.0. The number of aromatic nitrogens is 1. The number of methoxy groups -OCH3 is 1. The van der Waals surface area contributed by atoms with Crippen molar-refractivity contribution in [2.75, 3.05) is 44.0 Å². The minimum absolute atomic E-state index is 0.470. The number of anilines is 2. The molecule has 1 rings (SSSR count). The second-order valence-electron chi connectivity index (χ2n) is 3.21. The van der Waals surface area contributed by atoms with Gasteiger partial charge in [0.1, 0.15) is 0 Å². The van der Waals surface area contributed by atoms with E-state index in [1.54, 1.807) is 7.11 Å². The first kappa shape index (κ1) is 13.1. The van der Waals surface area contributed by atoms with Crippen LogP contribution in [0.15, 0.2) is 0 Å². The topological polar surface area (TPSA) is 60.6 Å². The van der Waals surface area contributed by atoms with Crippen LogP contribution in [-0.4, -0.2) is 37.8 Å². The lowest BCUT2D eigenvalue weighted by atomic mass is 10.4. The van der Waals surface area contributed by atoms with Crippen molar-refractivity contribution in [1.82, 2.24) is 4.37 Å². The van der Waals surface area contributed by atoms with Crippen LogP contribution in [0.5, 0.6) is 5.75 Å². The second-order valence-corrected chi connectivity index (χ2v) is 3.96. The number of nitrogens with two attached hydrogens (primary N) is 1. The summed E-state index contributed by atoms with van der Waals surface area (Å²) < 4.78 is 14.7. The molecule has 0 spiro atoms. The van der Waals surface area contributed by atoms with Crippen molar-refractivity contribution in [1.29, 1.82) is 0 Å². The Morgan fingerprint density at radius 1 is 1.44 bits per heavy atom. The molecule has 0 unspecified atom stereocenters. The summed E-state index contributed by atoms with van der Waals surface area (Å²) in [7, 11) is 1.69. The van der Waals surface area contributed by atoms with Crippen LogP contribution >= 0.6 is 11.5 Å². The summed E-state index contributed by atoms with van der Waals surface area (Å²) in [6.07, 6.45) is 0. The Bertz CT molecular complexity index is 317.